The van der Waals surface area contributed by atoms with E-state index < -0.39 is 0 Å². The number of hydrogen-bond donors (Lipinski definition) is 2. The molecule has 0 unspecified atom stereocenters. The van der Waals surface area contributed by atoms with Crippen molar-refractivity contribution >= 4 is 5.96 Å². The summed E-state index contributed by atoms with van der Waals surface area (Å²) in [5, 5.41) is 6.61. The lowest BCUT2D eigenvalue weighted by molar-refractivity contribution is 0.665. The van der Waals surface area contributed by atoms with E-state index in [0.29, 0.717) is 0 Å². The molecule has 0 radical (unpaired) electrons. The molecule has 112 valence electrons. The molecule has 21 heavy (non-hydrogen) atoms. The molecule has 2 aromatic rings. The first-order valence-corrected chi connectivity index (χ1v) is 7.40. The fourth-order valence-corrected chi connectivity index (χ4v) is 2.01. The van der Waals surface area contributed by atoms with Crippen LogP contribution in [-0.2, 0) is 13.0 Å². The van der Waals surface area contributed by atoms with E-state index in [-0.39, 0.29) is 0 Å². The first-order chi connectivity index (χ1) is 10.4. The molecule has 0 saturated heterocycles. The van der Waals surface area contributed by atoms with Gasteiger partial charge in [-0.1, -0.05) is 6.07 Å². The van der Waals surface area contributed by atoms with Gasteiger partial charge < -0.3 is 15.2 Å². The Morgan fingerprint density at radius 2 is 2.10 bits per heavy atom. The minimum Gasteiger partial charge on any atom is -0.357 e. The number of guanidine groups is 1. The zero-order chi connectivity index (χ0) is 14.8. The summed E-state index contributed by atoms with van der Waals surface area (Å²) in [6, 6.07) is 8.11. The van der Waals surface area contributed by atoms with Gasteiger partial charge in [0, 0.05) is 51.0 Å². The van der Waals surface area contributed by atoms with Crippen LogP contribution in [0.15, 0.2) is 54.0 Å². The summed E-state index contributed by atoms with van der Waals surface area (Å²) >= 11 is 0. The lowest BCUT2D eigenvalue weighted by atomic mass is 10.2. The van der Waals surface area contributed by atoms with E-state index >= 15 is 0 Å². The van der Waals surface area contributed by atoms with Crippen molar-refractivity contribution in [3.63, 3.8) is 0 Å². The van der Waals surface area contributed by atoms with Gasteiger partial charge in [0.25, 0.3) is 0 Å². The Kier molecular flexibility index (Phi) is 6.32. The summed E-state index contributed by atoms with van der Waals surface area (Å²) in [6.45, 7) is 5.48. The van der Waals surface area contributed by atoms with Crippen molar-refractivity contribution < 1.29 is 0 Å². The molecule has 0 aliphatic rings. The van der Waals surface area contributed by atoms with Crippen molar-refractivity contribution in [2.24, 2.45) is 4.99 Å². The van der Waals surface area contributed by atoms with E-state index in [9.17, 15) is 0 Å². The molecule has 2 rings (SSSR count). The summed E-state index contributed by atoms with van der Waals surface area (Å²) < 4.78 is 2.15. The molecule has 2 heterocycles. The average molecular weight is 285 g/mol. The van der Waals surface area contributed by atoms with Gasteiger partial charge in [-0.3, -0.25) is 9.98 Å². The second-order valence-electron chi connectivity index (χ2n) is 4.72. The third kappa shape index (κ3) is 5.69. The van der Waals surface area contributed by atoms with Crippen LogP contribution in [0, 0.1) is 0 Å². The predicted octanol–water partition coefficient (Wildman–Crippen LogP) is 1.68. The van der Waals surface area contributed by atoms with Crippen molar-refractivity contribution in [2.45, 2.75) is 19.9 Å². The molecule has 0 aliphatic carbocycles. The Morgan fingerprint density at radius 3 is 2.81 bits per heavy atom. The number of aliphatic imine (C=N–C) groups is 1. The van der Waals surface area contributed by atoms with E-state index in [2.05, 4.69) is 50.6 Å². The first-order valence-electron chi connectivity index (χ1n) is 7.40. The maximum absolute atomic E-state index is 4.58. The van der Waals surface area contributed by atoms with Crippen molar-refractivity contribution in [3.8, 4) is 0 Å². The van der Waals surface area contributed by atoms with Gasteiger partial charge in [-0.2, -0.15) is 0 Å². The number of rotatable bonds is 7. The molecule has 0 atom stereocenters. The molecule has 5 heteroatoms. The maximum Gasteiger partial charge on any atom is 0.191 e. The Labute approximate surface area is 126 Å². The van der Waals surface area contributed by atoms with Crippen molar-refractivity contribution in [1.29, 1.82) is 0 Å². The number of aromatic nitrogens is 2. The lowest BCUT2D eigenvalue weighted by Gasteiger charge is -2.11. The van der Waals surface area contributed by atoms with Crippen molar-refractivity contribution in [1.82, 2.24) is 20.2 Å². The van der Waals surface area contributed by atoms with Crippen LogP contribution in [0.1, 0.15) is 12.5 Å². The SMILES string of the molecule is CCNC(=NCCc1cccnc1)NCCn1cccc1. The predicted molar refractivity (Wildman–Crippen MR) is 86.4 cm³/mol. The summed E-state index contributed by atoms with van der Waals surface area (Å²) in [6.07, 6.45) is 8.71. The third-order valence-electron chi connectivity index (χ3n) is 3.07. The highest BCUT2D eigenvalue weighted by atomic mass is 15.2. The van der Waals surface area contributed by atoms with Crippen LogP contribution in [0.25, 0.3) is 0 Å². The van der Waals surface area contributed by atoms with Gasteiger partial charge in [0.1, 0.15) is 0 Å². The van der Waals surface area contributed by atoms with Crippen LogP contribution in [0.4, 0.5) is 0 Å². The Balaban J connectivity index is 1.75. The molecule has 0 aromatic carbocycles. The van der Waals surface area contributed by atoms with Gasteiger partial charge in [0.2, 0.25) is 0 Å². The van der Waals surface area contributed by atoms with E-state index in [1.165, 1.54) is 5.56 Å². The van der Waals surface area contributed by atoms with Crippen LogP contribution < -0.4 is 10.6 Å². The fraction of sp³-hybridized carbons (Fsp3) is 0.375. The number of nitrogens with one attached hydrogen (secondary N) is 2. The average Bonchev–Trinajstić information content (AvgIpc) is 3.02. The molecule has 0 saturated carbocycles. The van der Waals surface area contributed by atoms with Gasteiger partial charge in [0.05, 0.1) is 0 Å². The van der Waals surface area contributed by atoms with Gasteiger partial charge >= 0.3 is 0 Å². The minimum atomic E-state index is 0.755. The minimum absolute atomic E-state index is 0.755. The maximum atomic E-state index is 4.58. The van der Waals surface area contributed by atoms with Crippen LogP contribution in [0.3, 0.4) is 0 Å². The molecule has 0 spiro atoms. The second-order valence-corrected chi connectivity index (χ2v) is 4.72. The lowest BCUT2D eigenvalue weighted by Crippen LogP contribution is -2.39. The number of hydrogen-bond acceptors (Lipinski definition) is 2. The van der Waals surface area contributed by atoms with Gasteiger partial charge in [0.15, 0.2) is 5.96 Å². The molecular weight excluding hydrogens is 262 g/mol. The second kappa shape index (κ2) is 8.79. The summed E-state index contributed by atoms with van der Waals surface area (Å²) in [5.41, 5.74) is 1.21. The quantitative estimate of drug-likeness (QED) is 0.601. The Hall–Kier alpha value is -2.30. The zero-order valence-corrected chi connectivity index (χ0v) is 12.5. The zero-order valence-electron chi connectivity index (χ0n) is 12.5. The topological polar surface area (TPSA) is 54.2 Å². The molecule has 2 aromatic heterocycles. The molecule has 0 amide bonds. The molecule has 0 aliphatic heterocycles. The highest BCUT2D eigenvalue weighted by Crippen LogP contribution is 1.96. The highest BCUT2D eigenvalue weighted by molar-refractivity contribution is 5.79. The largest absolute Gasteiger partial charge is 0.357 e. The summed E-state index contributed by atoms with van der Waals surface area (Å²) in [7, 11) is 0. The fourth-order valence-electron chi connectivity index (χ4n) is 2.01. The van der Waals surface area contributed by atoms with E-state index in [1.807, 2.05) is 24.4 Å². The smallest absolute Gasteiger partial charge is 0.191 e. The van der Waals surface area contributed by atoms with E-state index in [1.54, 1.807) is 6.20 Å². The Morgan fingerprint density at radius 1 is 1.24 bits per heavy atom. The van der Waals surface area contributed by atoms with Crippen molar-refractivity contribution in [3.05, 3.63) is 54.6 Å². The van der Waals surface area contributed by atoms with Crippen LogP contribution in [0.2, 0.25) is 0 Å². The number of pyridine rings is 1. The van der Waals surface area contributed by atoms with E-state index in [0.717, 1.165) is 38.6 Å². The molecule has 2 N–H and O–H groups in total. The molecule has 0 bridgehead atoms. The van der Waals surface area contributed by atoms with Gasteiger partial charge in [-0.25, -0.2) is 0 Å². The van der Waals surface area contributed by atoms with Gasteiger partial charge in [-0.05, 0) is 37.1 Å². The van der Waals surface area contributed by atoms with Crippen LogP contribution in [-0.4, -0.2) is 35.1 Å². The van der Waals surface area contributed by atoms with E-state index in [4.69, 9.17) is 0 Å². The normalized spacial score (nSPS) is 11.4. The Bertz CT molecular complexity index is 519. The molecule has 0 fully saturated rings. The monoisotopic (exact) mass is 285 g/mol. The first kappa shape index (κ1) is 15.1. The number of nitrogens with zero attached hydrogens (tertiary/aromatic N) is 3. The van der Waals surface area contributed by atoms with Crippen LogP contribution in [0.5, 0.6) is 0 Å². The van der Waals surface area contributed by atoms with Crippen LogP contribution >= 0.6 is 0 Å². The molecule has 5 nitrogen and oxygen atoms in total. The summed E-state index contributed by atoms with van der Waals surface area (Å²) in [4.78, 5) is 8.70. The van der Waals surface area contributed by atoms with Gasteiger partial charge in [-0.15, -0.1) is 0 Å². The summed E-state index contributed by atoms with van der Waals surface area (Å²) in [5.74, 6) is 0.869. The molecular formula is C16H23N5. The van der Waals surface area contributed by atoms with Crippen molar-refractivity contribution in [2.75, 3.05) is 19.6 Å². The highest BCUT2D eigenvalue weighted by Gasteiger charge is 1.97. The standard InChI is InChI=1S/C16H23N5/c1-2-18-16(20-10-13-21-11-3-4-12-21)19-9-7-15-6-5-8-17-14-15/h3-6,8,11-12,14H,2,7,9-10,13H2,1H3,(H2,18,19,20). The third-order valence-corrected chi connectivity index (χ3v) is 3.07.